The molecule has 0 aliphatic rings. The summed E-state index contributed by atoms with van der Waals surface area (Å²) in [5.74, 6) is 0. The molecule has 3 N–H and O–H groups in total. The highest BCUT2D eigenvalue weighted by Gasteiger charge is 2.37. The first-order valence-corrected chi connectivity index (χ1v) is 6.86. The number of nitrogens with one attached hydrogen (secondary N) is 2. The second-order valence-electron chi connectivity index (χ2n) is 4.68. The molecule has 23 heavy (non-hydrogen) atoms. The molecular weight excluding hydrogens is 346 g/mol. The van der Waals surface area contributed by atoms with Crippen LogP contribution in [0.5, 0.6) is 0 Å². The van der Waals surface area contributed by atoms with Gasteiger partial charge in [0.25, 0.3) is 0 Å². The van der Waals surface area contributed by atoms with Crippen LogP contribution < -0.4 is 10.6 Å². The molecule has 10 heteroatoms. The molecule has 130 valence electrons. The van der Waals surface area contributed by atoms with Crippen molar-refractivity contribution >= 4 is 23.0 Å². The van der Waals surface area contributed by atoms with Crippen LogP contribution in [-0.4, -0.2) is 22.9 Å². The highest BCUT2D eigenvalue weighted by molar-refractivity contribution is 7.80. The molecule has 1 rings (SSSR count). The third-order valence-electron chi connectivity index (χ3n) is 2.89. The van der Waals surface area contributed by atoms with Crippen LogP contribution in [0.3, 0.4) is 0 Å². The van der Waals surface area contributed by atoms with Crippen LogP contribution in [-0.2, 0) is 12.4 Å². The van der Waals surface area contributed by atoms with Gasteiger partial charge in [-0.05, 0) is 36.8 Å². The van der Waals surface area contributed by atoms with Crippen molar-refractivity contribution in [2.45, 2.75) is 31.7 Å². The Labute approximate surface area is 133 Å². The molecule has 0 aromatic heterocycles. The van der Waals surface area contributed by atoms with Gasteiger partial charge in [-0.3, -0.25) is 0 Å². The van der Waals surface area contributed by atoms with Gasteiger partial charge in [-0.2, -0.15) is 26.3 Å². The molecule has 0 amide bonds. The topological polar surface area (TPSA) is 44.3 Å². The van der Waals surface area contributed by atoms with Gasteiger partial charge in [0.05, 0.1) is 23.8 Å². The van der Waals surface area contributed by atoms with Crippen LogP contribution in [0.25, 0.3) is 0 Å². The minimum Gasteiger partial charge on any atom is -0.394 e. The van der Waals surface area contributed by atoms with Gasteiger partial charge in [0.2, 0.25) is 0 Å². The fourth-order valence-corrected chi connectivity index (χ4v) is 1.94. The molecule has 1 aromatic rings. The van der Waals surface area contributed by atoms with Crippen LogP contribution in [0, 0.1) is 0 Å². The molecule has 0 saturated carbocycles. The summed E-state index contributed by atoms with van der Waals surface area (Å²) in [5.41, 5.74) is -3.32. The molecule has 0 spiro atoms. The van der Waals surface area contributed by atoms with Crippen LogP contribution in [0.1, 0.15) is 24.5 Å². The number of thiocarbonyl (C=S) groups is 1. The van der Waals surface area contributed by atoms with Crippen molar-refractivity contribution in [1.29, 1.82) is 0 Å². The maximum atomic E-state index is 12.7. The molecule has 0 heterocycles. The lowest BCUT2D eigenvalue weighted by Gasteiger charge is -2.19. The molecule has 0 bridgehead atoms. The van der Waals surface area contributed by atoms with E-state index in [4.69, 9.17) is 17.3 Å². The average Bonchev–Trinajstić information content (AvgIpc) is 2.42. The minimum atomic E-state index is -4.93. The van der Waals surface area contributed by atoms with Crippen molar-refractivity contribution in [3.05, 3.63) is 29.3 Å². The predicted octanol–water partition coefficient (Wildman–Crippen LogP) is 3.78. The third kappa shape index (κ3) is 5.87. The Morgan fingerprint density at radius 1 is 1.09 bits per heavy atom. The van der Waals surface area contributed by atoms with E-state index in [2.05, 4.69) is 10.6 Å². The van der Waals surface area contributed by atoms with Crippen LogP contribution in [0.4, 0.5) is 32.0 Å². The second-order valence-corrected chi connectivity index (χ2v) is 5.09. The average molecular weight is 360 g/mol. The first-order valence-electron chi connectivity index (χ1n) is 6.45. The van der Waals surface area contributed by atoms with Crippen molar-refractivity contribution in [2.24, 2.45) is 0 Å². The molecule has 0 saturated heterocycles. The predicted molar refractivity (Wildman–Crippen MR) is 77.0 cm³/mol. The Balaban J connectivity index is 3.08. The van der Waals surface area contributed by atoms with E-state index in [-0.39, 0.29) is 17.8 Å². The quantitative estimate of drug-likeness (QED) is 0.565. The van der Waals surface area contributed by atoms with Gasteiger partial charge in [0.15, 0.2) is 5.11 Å². The fourth-order valence-electron chi connectivity index (χ4n) is 1.66. The molecule has 0 aliphatic carbocycles. The zero-order valence-electron chi connectivity index (χ0n) is 11.8. The summed E-state index contributed by atoms with van der Waals surface area (Å²) in [7, 11) is 0. The van der Waals surface area contributed by atoms with E-state index < -0.39 is 35.2 Å². The molecule has 0 fully saturated rings. The maximum absolute atomic E-state index is 12.7. The summed E-state index contributed by atoms with van der Waals surface area (Å²) in [6, 6.07) is 0.638. The van der Waals surface area contributed by atoms with Crippen molar-refractivity contribution in [1.82, 2.24) is 5.32 Å². The lowest BCUT2D eigenvalue weighted by atomic mass is 10.1. The zero-order chi connectivity index (χ0) is 17.8. The number of anilines is 1. The Bertz CT molecular complexity index is 522. The number of alkyl halides is 6. The van der Waals surface area contributed by atoms with E-state index in [1.807, 2.05) is 0 Å². The summed E-state index contributed by atoms with van der Waals surface area (Å²) >= 11 is 4.82. The number of aliphatic hydroxyl groups excluding tert-OH is 1. The summed E-state index contributed by atoms with van der Waals surface area (Å²) in [4.78, 5) is 0. The Hall–Kier alpha value is -1.55. The summed E-state index contributed by atoms with van der Waals surface area (Å²) in [5, 5.41) is 13.7. The van der Waals surface area contributed by atoms with Crippen molar-refractivity contribution < 1.29 is 31.4 Å². The Morgan fingerprint density at radius 2 is 1.57 bits per heavy atom. The monoisotopic (exact) mass is 360 g/mol. The maximum Gasteiger partial charge on any atom is 0.416 e. The SMILES string of the molecule is CCC(CO)NC(=S)Nc1cc(C(F)(F)F)cc(C(F)(F)F)c1. The van der Waals surface area contributed by atoms with E-state index in [0.717, 1.165) is 0 Å². The zero-order valence-corrected chi connectivity index (χ0v) is 12.7. The lowest BCUT2D eigenvalue weighted by Crippen LogP contribution is -2.39. The summed E-state index contributed by atoms with van der Waals surface area (Å²) in [6.45, 7) is 1.44. The summed E-state index contributed by atoms with van der Waals surface area (Å²) in [6.07, 6.45) is -9.39. The van der Waals surface area contributed by atoms with Gasteiger partial charge in [0.1, 0.15) is 0 Å². The van der Waals surface area contributed by atoms with Crippen molar-refractivity contribution in [2.75, 3.05) is 11.9 Å². The Kier molecular flexibility index (Phi) is 6.23. The molecular formula is C13H14F6N2OS. The van der Waals surface area contributed by atoms with Gasteiger partial charge in [-0.25, -0.2) is 0 Å². The van der Waals surface area contributed by atoms with E-state index in [1.165, 1.54) is 0 Å². The fraction of sp³-hybridized carbons (Fsp3) is 0.462. The summed E-state index contributed by atoms with van der Waals surface area (Å²) < 4.78 is 76.3. The van der Waals surface area contributed by atoms with Crippen LogP contribution in [0.2, 0.25) is 0 Å². The number of rotatable bonds is 4. The number of hydrogen-bond donors (Lipinski definition) is 3. The standard InChI is InChI=1S/C13H14F6N2OS/c1-2-9(6-22)20-11(23)21-10-4-7(12(14,15)16)3-8(5-10)13(17,18)19/h3-5,9,22H,2,6H2,1H3,(H2,20,21,23). The minimum absolute atomic E-state index is 0.0320. The number of benzene rings is 1. The Morgan fingerprint density at radius 3 is 1.91 bits per heavy atom. The van der Waals surface area contributed by atoms with Crippen LogP contribution in [0.15, 0.2) is 18.2 Å². The van der Waals surface area contributed by atoms with E-state index in [0.29, 0.717) is 18.6 Å². The molecule has 0 aliphatic heterocycles. The normalized spacial score (nSPS) is 13.6. The van der Waals surface area contributed by atoms with Crippen molar-refractivity contribution in [3.8, 4) is 0 Å². The van der Waals surface area contributed by atoms with E-state index in [1.54, 1.807) is 6.92 Å². The van der Waals surface area contributed by atoms with Gasteiger partial charge in [-0.15, -0.1) is 0 Å². The largest absolute Gasteiger partial charge is 0.416 e. The molecule has 3 nitrogen and oxygen atoms in total. The lowest BCUT2D eigenvalue weighted by molar-refractivity contribution is -0.143. The molecule has 0 radical (unpaired) electrons. The van der Waals surface area contributed by atoms with Gasteiger partial charge in [0, 0.05) is 5.69 Å². The number of halogens is 6. The first-order chi connectivity index (χ1) is 10.5. The third-order valence-corrected chi connectivity index (χ3v) is 3.11. The molecule has 1 unspecified atom stereocenters. The molecule has 1 atom stereocenters. The van der Waals surface area contributed by atoms with Gasteiger partial charge in [-0.1, -0.05) is 6.92 Å². The van der Waals surface area contributed by atoms with Gasteiger partial charge >= 0.3 is 12.4 Å². The van der Waals surface area contributed by atoms with Gasteiger partial charge < -0.3 is 15.7 Å². The van der Waals surface area contributed by atoms with Crippen LogP contribution >= 0.6 is 12.2 Å². The number of hydrogen-bond acceptors (Lipinski definition) is 2. The molecule has 1 aromatic carbocycles. The van der Waals surface area contributed by atoms with E-state index in [9.17, 15) is 26.3 Å². The van der Waals surface area contributed by atoms with Crippen molar-refractivity contribution in [3.63, 3.8) is 0 Å². The van der Waals surface area contributed by atoms with E-state index >= 15 is 0 Å². The first kappa shape index (κ1) is 19.5. The second kappa shape index (κ2) is 7.35. The highest BCUT2D eigenvalue weighted by atomic mass is 32.1. The smallest absolute Gasteiger partial charge is 0.394 e. The number of aliphatic hydroxyl groups is 1. The highest BCUT2D eigenvalue weighted by Crippen LogP contribution is 2.37.